The fraction of sp³-hybridized carbons (Fsp3) is 0.481. The van der Waals surface area contributed by atoms with Crippen LogP contribution in [-0.4, -0.2) is 19.8 Å². The van der Waals surface area contributed by atoms with Gasteiger partial charge in [-0.15, -0.1) is 0 Å². The van der Waals surface area contributed by atoms with Crippen molar-refractivity contribution < 1.29 is 18.3 Å². The Bertz CT molecular complexity index is 958. The van der Waals surface area contributed by atoms with Crippen LogP contribution >= 0.6 is 0 Å². The summed E-state index contributed by atoms with van der Waals surface area (Å²) in [6.45, 7) is 2.81. The molecule has 0 aromatic heterocycles. The average molecular weight is 425 g/mol. The summed E-state index contributed by atoms with van der Waals surface area (Å²) in [5.74, 6) is 6.19. The molecule has 2 aromatic rings. The second kappa shape index (κ2) is 9.83. The predicted molar refractivity (Wildman–Crippen MR) is 118 cm³/mol. The largest absolute Gasteiger partial charge is 0.497 e. The lowest BCUT2D eigenvalue weighted by Gasteiger charge is -2.42. The second-order valence-corrected chi connectivity index (χ2v) is 8.73. The van der Waals surface area contributed by atoms with Crippen molar-refractivity contribution in [1.82, 2.24) is 0 Å². The maximum atomic E-state index is 15.0. The van der Waals surface area contributed by atoms with Crippen LogP contribution in [0.2, 0.25) is 0 Å². The van der Waals surface area contributed by atoms with Crippen LogP contribution in [0.25, 0.3) is 0 Å². The highest BCUT2D eigenvalue weighted by atomic mass is 19.2. The van der Waals surface area contributed by atoms with Gasteiger partial charge in [-0.1, -0.05) is 17.9 Å². The first-order valence-corrected chi connectivity index (χ1v) is 11.3. The van der Waals surface area contributed by atoms with Gasteiger partial charge in [-0.3, -0.25) is 0 Å². The van der Waals surface area contributed by atoms with Crippen molar-refractivity contribution in [3.8, 4) is 17.6 Å². The third-order valence-corrected chi connectivity index (χ3v) is 6.95. The summed E-state index contributed by atoms with van der Waals surface area (Å²) in [5, 5.41) is 0. The SMILES string of the molecule is CCOC1CCC2CC(c3ccc(C#Cc4ccc(OC)cc4)c(F)c3F)CCC2C1. The van der Waals surface area contributed by atoms with E-state index >= 15 is 0 Å². The normalized spacial score (nSPS) is 25.3. The molecule has 2 aliphatic carbocycles. The third-order valence-electron chi connectivity index (χ3n) is 6.95. The van der Waals surface area contributed by atoms with Crippen molar-refractivity contribution in [3.05, 3.63) is 64.7 Å². The molecule has 4 unspecified atom stereocenters. The first-order valence-electron chi connectivity index (χ1n) is 11.3. The van der Waals surface area contributed by atoms with E-state index in [-0.39, 0.29) is 11.5 Å². The summed E-state index contributed by atoms with van der Waals surface area (Å²) in [4.78, 5) is 0. The van der Waals surface area contributed by atoms with E-state index in [0.717, 1.165) is 56.4 Å². The number of halogens is 2. The van der Waals surface area contributed by atoms with Crippen molar-refractivity contribution in [1.29, 1.82) is 0 Å². The lowest BCUT2D eigenvalue weighted by atomic mass is 9.65. The van der Waals surface area contributed by atoms with E-state index in [1.807, 2.05) is 6.92 Å². The molecule has 2 aliphatic rings. The van der Waals surface area contributed by atoms with Gasteiger partial charge in [0, 0.05) is 12.2 Å². The van der Waals surface area contributed by atoms with Crippen molar-refractivity contribution in [3.63, 3.8) is 0 Å². The Labute approximate surface area is 184 Å². The molecule has 2 nitrogen and oxygen atoms in total. The fourth-order valence-electron chi connectivity index (χ4n) is 5.31. The lowest BCUT2D eigenvalue weighted by molar-refractivity contribution is -0.00970. The molecule has 164 valence electrons. The molecule has 0 aliphatic heterocycles. The minimum atomic E-state index is -0.833. The second-order valence-electron chi connectivity index (χ2n) is 8.73. The molecular weight excluding hydrogens is 394 g/mol. The summed E-state index contributed by atoms with van der Waals surface area (Å²) in [6.07, 6.45) is 6.62. The Morgan fingerprint density at radius 3 is 2.35 bits per heavy atom. The molecule has 4 rings (SSSR count). The molecule has 0 spiro atoms. The molecule has 0 radical (unpaired) electrons. The van der Waals surface area contributed by atoms with Crippen LogP contribution in [0.1, 0.15) is 68.1 Å². The highest BCUT2D eigenvalue weighted by molar-refractivity contribution is 5.46. The number of hydrogen-bond acceptors (Lipinski definition) is 2. The molecule has 0 saturated heterocycles. The average Bonchev–Trinajstić information content (AvgIpc) is 2.80. The van der Waals surface area contributed by atoms with Crippen LogP contribution in [0.5, 0.6) is 5.75 Å². The smallest absolute Gasteiger partial charge is 0.174 e. The minimum absolute atomic E-state index is 0.0861. The Morgan fingerprint density at radius 2 is 1.61 bits per heavy atom. The molecule has 0 amide bonds. The number of benzene rings is 2. The maximum absolute atomic E-state index is 15.0. The van der Waals surface area contributed by atoms with Gasteiger partial charge in [0.2, 0.25) is 0 Å². The molecule has 2 aromatic carbocycles. The fourth-order valence-corrected chi connectivity index (χ4v) is 5.31. The molecule has 0 bridgehead atoms. The van der Waals surface area contributed by atoms with Gasteiger partial charge in [0.1, 0.15) is 5.75 Å². The standard InChI is InChI=1S/C27H30F2O2/c1-3-31-24-14-10-20-16-22(9-8-21(20)17-24)25-15-11-19(26(28)27(25)29)7-4-18-5-12-23(30-2)13-6-18/h5-6,11-13,15,20-22,24H,3,8-10,14,16-17H2,1-2H3. The molecule has 0 N–H and O–H groups in total. The predicted octanol–water partition coefficient (Wildman–Crippen LogP) is 6.46. The van der Waals surface area contributed by atoms with Gasteiger partial charge < -0.3 is 9.47 Å². The lowest BCUT2D eigenvalue weighted by Crippen LogP contribution is -2.34. The Balaban J connectivity index is 1.46. The topological polar surface area (TPSA) is 18.5 Å². The van der Waals surface area contributed by atoms with E-state index in [2.05, 4.69) is 11.8 Å². The maximum Gasteiger partial charge on any atom is 0.174 e. The van der Waals surface area contributed by atoms with Crippen LogP contribution in [-0.2, 0) is 4.74 Å². The number of methoxy groups -OCH3 is 1. The highest BCUT2D eigenvalue weighted by Crippen LogP contribution is 2.47. The Hall–Kier alpha value is -2.38. The number of ether oxygens (including phenoxy) is 2. The van der Waals surface area contributed by atoms with Crippen LogP contribution in [0.4, 0.5) is 8.78 Å². The van der Waals surface area contributed by atoms with Gasteiger partial charge in [0.15, 0.2) is 11.6 Å². The molecule has 2 saturated carbocycles. The number of hydrogen-bond donors (Lipinski definition) is 0. The monoisotopic (exact) mass is 424 g/mol. The van der Waals surface area contributed by atoms with E-state index in [0.29, 0.717) is 23.5 Å². The summed E-state index contributed by atoms with van der Waals surface area (Å²) < 4.78 is 40.7. The molecule has 0 heterocycles. The zero-order valence-corrected chi connectivity index (χ0v) is 18.3. The Morgan fingerprint density at radius 1 is 0.871 bits per heavy atom. The zero-order valence-electron chi connectivity index (χ0n) is 18.3. The van der Waals surface area contributed by atoms with Crippen LogP contribution in [0, 0.1) is 35.3 Å². The quantitative estimate of drug-likeness (QED) is 0.524. The van der Waals surface area contributed by atoms with Crippen LogP contribution < -0.4 is 4.74 Å². The molecular formula is C27H30F2O2. The van der Waals surface area contributed by atoms with Gasteiger partial charge >= 0.3 is 0 Å². The van der Waals surface area contributed by atoms with Crippen LogP contribution in [0.3, 0.4) is 0 Å². The molecule has 31 heavy (non-hydrogen) atoms. The van der Waals surface area contributed by atoms with E-state index in [4.69, 9.17) is 9.47 Å². The molecule has 4 atom stereocenters. The van der Waals surface area contributed by atoms with Gasteiger partial charge in [-0.05, 0) is 99.1 Å². The summed E-state index contributed by atoms with van der Waals surface area (Å²) in [7, 11) is 1.60. The summed E-state index contributed by atoms with van der Waals surface area (Å²) in [5.41, 5.74) is 1.34. The van der Waals surface area contributed by atoms with Crippen molar-refractivity contribution in [2.45, 2.75) is 57.5 Å². The van der Waals surface area contributed by atoms with Gasteiger partial charge in [-0.2, -0.15) is 0 Å². The summed E-state index contributed by atoms with van der Waals surface area (Å²) in [6, 6.07) is 10.6. The minimum Gasteiger partial charge on any atom is -0.497 e. The van der Waals surface area contributed by atoms with Crippen molar-refractivity contribution in [2.75, 3.05) is 13.7 Å². The Kier molecular flexibility index (Phi) is 6.92. The molecule has 4 heteroatoms. The first-order chi connectivity index (χ1) is 15.1. The van der Waals surface area contributed by atoms with E-state index < -0.39 is 11.6 Å². The molecule has 2 fully saturated rings. The van der Waals surface area contributed by atoms with E-state index in [9.17, 15) is 8.78 Å². The van der Waals surface area contributed by atoms with Gasteiger partial charge in [0.25, 0.3) is 0 Å². The van der Waals surface area contributed by atoms with Gasteiger partial charge in [-0.25, -0.2) is 8.78 Å². The van der Waals surface area contributed by atoms with Crippen molar-refractivity contribution in [2.24, 2.45) is 11.8 Å². The third kappa shape index (κ3) is 4.93. The van der Waals surface area contributed by atoms with Gasteiger partial charge in [0.05, 0.1) is 18.8 Å². The van der Waals surface area contributed by atoms with Crippen molar-refractivity contribution >= 4 is 0 Å². The van der Waals surface area contributed by atoms with E-state index in [1.165, 1.54) is 0 Å². The highest BCUT2D eigenvalue weighted by Gasteiger charge is 2.37. The van der Waals surface area contributed by atoms with E-state index in [1.54, 1.807) is 43.5 Å². The number of fused-ring (bicyclic) bond motifs is 1. The first kappa shape index (κ1) is 21.8. The summed E-state index contributed by atoms with van der Waals surface area (Å²) >= 11 is 0. The zero-order chi connectivity index (χ0) is 21.8. The van der Waals surface area contributed by atoms with Crippen LogP contribution in [0.15, 0.2) is 36.4 Å². The number of rotatable bonds is 4.